The molecule has 2 heteroatoms. The lowest BCUT2D eigenvalue weighted by molar-refractivity contribution is 0.563. The van der Waals surface area contributed by atoms with Gasteiger partial charge in [-0.25, -0.2) is 0 Å². The molecule has 1 heterocycles. The quantitative estimate of drug-likeness (QED) is 0.168. The first-order valence-corrected chi connectivity index (χ1v) is 21.7. The molecule has 0 aliphatic heterocycles. The first-order chi connectivity index (χ1) is 29.5. The third kappa shape index (κ3) is 4.92. The molecule has 0 atom stereocenters. The normalized spacial score (nSPS) is 14.1. The first-order valence-electron chi connectivity index (χ1n) is 20.9. The van der Waals surface area contributed by atoms with E-state index in [1.807, 2.05) is 11.3 Å². The molecular formula is C58H41NS. The van der Waals surface area contributed by atoms with Crippen molar-refractivity contribution in [2.45, 2.75) is 24.7 Å². The van der Waals surface area contributed by atoms with Crippen LogP contribution in [0.3, 0.4) is 0 Å². The van der Waals surface area contributed by atoms with Crippen molar-refractivity contribution in [3.05, 3.63) is 246 Å². The van der Waals surface area contributed by atoms with E-state index in [4.69, 9.17) is 0 Å². The predicted molar refractivity (Wildman–Crippen MR) is 254 cm³/mol. The fraction of sp³-hybridized carbons (Fsp3) is 0.0690. The van der Waals surface area contributed by atoms with Crippen LogP contribution in [0.2, 0.25) is 0 Å². The molecule has 0 radical (unpaired) electrons. The van der Waals surface area contributed by atoms with Gasteiger partial charge in [0.25, 0.3) is 0 Å². The van der Waals surface area contributed by atoms with Crippen LogP contribution >= 0.6 is 11.3 Å². The average Bonchev–Trinajstić information content (AvgIpc) is 3.84. The Kier molecular flexibility index (Phi) is 7.73. The lowest BCUT2D eigenvalue weighted by Crippen LogP contribution is -2.40. The van der Waals surface area contributed by atoms with Crippen LogP contribution < -0.4 is 4.90 Å². The summed E-state index contributed by atoms with van der Waals surface area (Å²) in [6.07, 6.45) is 0. The van der Waals surface area contributed by atoms with Crippen LogP contribution in [-0.4, -0.2) is 0 Å². The van der Waals surface area contributed by atoms with Crippen LogP contribution in [0.5, 0.6) is 0 Å². The SMILES string of the molecule is CC1(C)c2ccccc2C2(c3ccccc3-c3c(-c4ccc(N(c5ccc(-c6ccccc6)cc5)c5cccc6c5sc5ccccc56)cc4)cccc32)c2ccccc21. The van der Waals surface area contributed by atoms with E-state index >= 15 is 0 Å². The Labute approximate surface area is 355 Å². The molecule has 1 nitrogen and oxygen atoms in total. The predicted octanol–water partition coefficient (Wildman–Crippen LogP) is 15.9. The van der Waals surface area contributed by atoms with Gasteiger partial charge in [-0.05, 0) is 103 Å². The van der Waals surface area contributed by atoms with Gasteiger partial charge in [-0.2, -0.15) is 0 Å². The highest BCUT2D eigenvalue weighted by atomic mass is 32.1. The maximum atomic E-state index is 2.44. The lowest BCUT2D eigenvalue weighted by atomic mass is 9.55. The molecule has 284 valence electrons. The van der Waals surface area contributed by atoms with E-state index in [1.54, 1.807) is 0 Å². The molecule has 0 unspecified atom stereocenters. The summed E-state index contributed by atoms with van der Waals surface area (Å²) in [5.41, 5.74) is 18.7. The zero-order valence-corrected chi connectivity index (χ0v) is 34.4. The molecule has 9 aromatic carbocycles. The lowest BCUT2D eigenvalue weighted by Gasteiger charge is -2.46. The monoisotopic (exact) mass is 783 g/mol. The van der Waals surface area contributed by atoms with Crippen LogP contribution in [0.25, 0.3) is 53.6 Å². The Bertz CT molecular complexity index is 3230. The second-order valence-corrected chi connectivity index (χ2v) is 17.8. The van der Waals surface area contributed by atoms with Crippen LogP contribution in [0.1, 0.15) is 47.2 Å². The van der Waals surface area contributed by atoms with Crippen molar-refractivity contribution < 1.29 is 0 Å². The van der Waals surface area contributed by atoms with Crippen molar-refractivity contribution in [2.75, 3.05) is 4.90 Å². The molecule has 12 rings (SSSR count). The minimum Gasteiger partial charge on any atom is -0.309 e. The fourth-order valence-electron chi connectivity index (χ4n) is 10.7. The Morgan fingerprint density at radius 3 is 1.57 bits per heavy atom. The van der Waals surface area contributed by atoms with Crippen molar-refractivity contribution >= 4 is 48.6 Å². The van der Waals surface area contributed by atoms with E-state index in [0.717, 1.165) is 11.4 Å². The Morgan fingerprint density at radius 2 is 0.867 bits per heavy atom. The molecule has 0 saturated heterocycles. The van der Waals surface area contributed by atoms with E-state index in [-0.39, 0.29) is 5.41 Å². The Morgan fingerprint density at radius 1 is 0.367 bits per heavy atom. The summed E-state index contributed by atoms with van der Waals surface area (Å²) >= 11 is 1.87. The van der Waals surface area contributed by atoms with Gasteiger partial charge >= 0.3 is 0 Å². The highest BCUT2D eigenvalue weighted by Gasteiger charge is 2.53. The third-order valence-electron chi connectivity index (χ3n) is 13.4. The topological polar surface area (TPSA) is 3.24 Å². The standard InChI is InChI=1S/C58H41NS/c1-57(2)48-23-9-11-25-50(48)58(51-26-12-10-24-49(51)57)47-22-8-6-19-46(47)55-43(20-14-27-52(55)58)40-32-36-42(37-33-40)59(41-34-30-39(31-35-41)38-16-4-3-5-17-38)53-28-15-21-45-44-18-7-13-29-54(44)60-56(45)53/h3-37H,1-2H3. The van der Waals surface area contributed by atoms with Gasteiger partial charge < -0.3 is 4.90 Å². The number of thiophene rings is 1. The van der Waals surface area contributed by atoms with E-state index in [9.17, 15) is 0 Å². The minimum absolute atomic E-state index is 0.127. The molecule has 0 fully saturated rings. The number of nitrogens with zero attached hydrogens (tertiary/aromatic N) is 1. The molecule has 0 bridgehead atoms. The maximum Gasteiger partial charge on any atom is 0.0719 e. The van der Waals surface area contributed by atoms with Crippen LogP contribution in [0.4, 0.5) is 17.1 Å². The molecule has 2 aliphatic rings. The van der Waals surface area contributed by atoms with Gasteiger partial charge in [-0.15, -0.1) is 11.3 Å². The second kappa shape index (κ2) is 13.3. The number of fused-ring (bicyclic) bond motifs is 12. The van der Waals surface area contributed by atoms with Crippen molar-refractivity contribution in [3.63, 3.8) is 0 Å². The number of anilines is 3. The van der Waals surface area contributed by atoms with Gasteiger partial charge in [0.2, 0.25) is 0 Å². The summed E-state index contributed by atoms with van der Waals surface area (Å²) in [5.74, 6) is 0. The molecule has 0 N–H and O–H groups in total. The van der Waals surface area contributed by atoms with Gasteiger partial charge in [0.15, 0.2) is 0 Å². The van der Waals surface area contributed by atoms with E-state index in [1.165, 1.54) is 92.6 Å². The van der Waals surface area contributed by atoms with Crippen molar-refractivity contribution in [1.82, 2.24) is 0 Å². The molecule has 1 aromatic heterocycles. The average molecular weight is 784 g/mol. The highest BCUT2D eigenvalue weighted by Crippen LogP contribution is 2.63. The molecule has 10 aromatic rings. The van der Waals surface area contributed by atoms with Crippen LogP contribution in [0.15, 0.2) is 212 Å². The molecule has 2 aliphatic carbocycles. The van der Waals surface area contributed by atoms with Crippen molar-refractivity contribution in [3.8, 4) is 33.4 Å². The minimum atomic E-state index is -0.420. The summed E-state index contributed by atoms with van der Waals surface area (Å²) in [7, 11) is 0. The summed E-state index contributed by atoms with van der Waals surface area (Å²) in [4.78, 5) is 2.44. The number of hydrogen-bond acceptors (Lipinski definition) is 2. The van der Waals surface area contributed by atoms with E-state index < -0.39 is 5.41 Å². The van der Waals surface area contributed by atoms with E-state index in [0.29, 0.717) is 0 Å². The zero-order valence-electron chi connectivity index (χ0n) is 33.6. The first kappa shape index (κ1) is 35.0. The van der Waals surface area contributed by atoms with Gasteiger partial charge in [0.05, 0.1) is 15.8 Å². The van der Waals surface area contributed by atoms with Gasteiger partial charge in [0, 0.05) is 32.3 Å². The Balaban J connectivity index is 1.04. The molecule has 0 saturated carbocycles. The Hall–Kier alpha value is -7.00. The second-order valence-electron chi connectivity index (χ2n) is 16.8. The van der Waals surface area contributed by atoms with Crippen LogP contribution in [0, 0.1) is 0 Å². The van der Waals surface area contributed by atoms with Crippen LogP contribution in [-0.2, 0) is 10.8 Å². The summed E-state index contributed by atoms with van der Waals surface area (Å²) in [6.45, 7) is 4.78. The summed E-state index contributed by atoms with van der Waals surface area (Å²) in [5, 5.41) is 2.59. The number of hydrogen-bond donors (Lipinski definition) is 0. The van der Waals surface area contributed by atoms with Gasteiger partial charge in [-0.1, -0.05) is 190 Å². The maximum absolute atomic E-state index is 2.44. The van der Waals surface area contributed by atoms with Crippen molar-refractivity contribution in [2.24, 2.45) is 0 Å². The fourth-order valence-corrected chi connectivity index (χ4v) is 11.9. The largest absolute Gasteiger partial charge is 0.309 e. The molecule has 60 heavy (non-hydrogen) atoms. The molecule has 0 amide bonds. The van der Waals surface area contributed by atoms with Gasteiger partial charge in [-0.3, -0.25) is 0 Å². The molecule has 1 spiro atoms. The van der Waals surface area contributed by atoms with Crippen molar-refractivity contribution in [1.29, 1.82) is 0 Å². The number of benzene rings is 9. The smallest absolute Gasteiger partial charge is 0.0719 e. The third-order valence-corrected chi connectivity index (χ3v) is 14.6. The van der Waals surface area contributed by atoms with Gasteiger partial charge in [0.1, 0.15) is 0 Å². The summed E-state index contributed by atoms with van der Waals surface area (Å²) in [6, 6.07) is 79.0. The number of rotatable bonds is 5. The summed E-state index contributed by atoms with van der Waals surface area (Å²) < 4.78 is 2.59. The molecular weight excluding hydrogens is 743 g/mol. The highest BCUT2D eigenvalue weighted by molar-refractivity contribution is 7.26. The zero-order chi connectivity index (χ0) is 40.0. The van der Waals surface area contributed by atoms with E-state index in [2.05, 4.69) is 231 Å².